The number of fused-ring (bicyclic) bond motifs is 1. The first-order valence-corrected chi connectivity index (χ1v) is 9.76. The van der Waals surface area contributed by atoms with Gasteiger partial charge in [-0.25, -0.2) is 4.98 Å². The quantitative estimate of drug-likeness (QED) is 0.678. The Bertz CT molecular complexity index is 1230. The lowest BCUT2D eigenvalue weighted by atomic mass is 10.1. The second-order valence-electron chi connectivity index (χ2n) is 7.68. The van der Waals surface area contributed by atoms with E-state index >= 15 is 0 Å². The van der Waals surface area contributed by atoms with Crippen molar-refractivity contribution in [3.05, 3.63) is 24.2 Å². The van der Waals surface area contributed by atoms with Gasteiger partial charge >= 0.3 is 0 Å². The molecule has 10 nitrogen and oxygen atoms in total. The minimum absolute atomic E-state index is 0.0165. The fourth-order valence-electron chi connectivity index (χ4n) is 3.76. The molecule has 156 valence electrons. The molecule has 0 saturated carbocycles. The monoisotopic (exact) mass is 412 g/mol. The van der Waals surface area contributed by atoms with Crippen molar-refractivity contribution in [3.8, 4) is 11.9 Å². The smallest absolute Gasteiger partial charge is 0.257 e. The van der Waals surface area contributed by atoms with Crippen LogP contribution in [0.25, 0.3) is 11.0 Å². The van der Waals surface area contributed by atoms with E-state index in [1.165, 1.54) is 6.20 Å². The molecule has 5 heterocycles. The van der Waals surface area contributed by atoms with Crippen LogP contribution >= 0.6 is 0 Å². The molecule has 3 aromatic heterocycles. The summed E-state index contributed by atoms with van der Waals surface area (Å²) < 4.78 is 42.6. The van der Waals surface area contributed by atoms with Crippen LogP contribution in [0.4, 0.5) is 11.6 Å². The maximum atomic E-state index is 9.65. The van der Waals surface area contributed by atoms with Crippen LogP contribution in [0.3, 0.4) is 0 Å². The van der Waals surface area contributed by atoms with E-state index in [1.807, 2.05) is 11.5 Å². The van der Waals surface area contributed by atoms with Gasteiger partial charge in [-0.05, 0) is 13.0 Å². The van der Waals surface area contributed by atoms with Gasteiger partial charge in [0.25, 0.3) is 5.88 Å². The van der Waals surface area contributed by atoms with Crippen molar-refractivity contribution in [2.24, 2.45) is 12.9 Å². The highest BCUT2D eigenvalue weighted by molar-refractivity contribution is 5.79. The first-order valence-electron chi connectivity index (χ1n) is 11.3. The number of ether oxygens (including phenoxy) is 3. The van der Waals surface area contributed by atoms with E-state index in [2.05, 4.69) is 33.4 Å². The molecule has 2 fully saturated rings. The van der Waals surface area contributed by atoms with Crippen molar-refractivity contribution in [2.75, 3.05) is 25.1 Å². The molecule has 0 bridgehead atoms. The van der Waals surface area contributed by atoms with Gasteiger partial charge < -0.3 is 24.1 Å². The Balaban J connectivity index is 1.51. The third kappa shape index (κ3) is 3.16. The van der Waals surface area contributed by atoms with Gasteiger partial charge in [-0.3, -0.25) is 4.68 Å². The van der Waals surface area contributed by atoms with E-state index in [0.29, 0.717) is 36.8 Å². The van der Waals surface area contributed by atoms with Crippen molar-refractivity contribution in [1.82, 2.24) is 24.3 Å². The van der Waals surface area contributed by atoms with Crippen LogP contribution in [0.2, 0.25) is 0 Å². The highest BCUT2D eigenvalue weighted by Gasteiger charge is 2.32. The predicted molar refractivity (Wildman–Crippen MR) is 108 cm³/mol. The molecule has 0 spiro atoms. The lowest BCUT2D eigenvalue weighted by Crippen LogP contribution is -2.46. The fourth-order valence-corrected chi connectivity index (χ4v) is 3.76. The SMILES string of the molecule is [2H]C([2H])([2H])n1cc(Nc2ncc3cc(C#N)n([C@H]4COC[C@@H]4C)c3n2)c(O[C@@H]2CO[C@H]2C)n1. The third-order valence-corrected chi connectivity index (χ3v) is 5.59. The van der Waals surface area contributed by atoms with Crippen molar-refractivity contribution >= 4 is 22.7 Å². The Morgan fingerprint density at radius 1 is 1.37 bits per heavy atom. The molecule has 4 atom stereocenters. The van der Waals surface area contributed by atoms with Crippen LogP contribution in [0.1, 0.15) is 29.7 Å². The molecule has 2 aliphatic rings. The average molecular weight is 412 g/mol. The molecule has 30 heavy (non-hydrogen) atoms. The van der Waals surface area contributed by atoms with Crippen LogP contribution in [-0.4, -0.2) is 56.3 Å². The fraction of sp³-hybridized carbons (Fsp3) is 0.500. The summed E-state index contributed by atoms with van der Waals surface area (Å²) in [6.45, 7) is 2.98. The van der Waals surface area contributed by atoms with E-state index in [0.717, 1.165) is 10.1 Å². The molecule has 0 radical (unpaired) electrons. The van der Waals surface area contributed by atoms with E-state index in [9.17, 15) is 5.26 Å². The minimum atomic E-state index is -2.47. The van der Waals surface area contributed by atoms with Gasteiger partial charge in [-0.1, -0.05) is 6.92 Å². The van der Waals surface area contributed by atoms with Crippen LogP contribution in [-0.2, 0) is 16.4 Å². The molecular weight excluding hydrogens is 386 g/mol. The molecule has 5 rings (SSSR count). The lowest BCUT2D eigenvalue weighted by molar-refractivity contribution is -0.140. The third-order valence-electron chi connectivity index (χ3n) is 5.59. The largest absolute Gasteiger partial charge is 0.467 e. The number of hydrogen-bond donors (Lipinski definition) is 1. The van der Waals surface area contributed by atoms with Crippen LogP contribution in [0.5, 0.6) is 5.88 Å². The van der Waals surface area contributed by atoms with E-state index in [1.54, 1.807) is 12.3 Å². The summed E-state index contributed by atoms with van der Waals surface area (Å²) >= 11 is 0. The number of aryl methyl sites for hydroxylation is 1. The molecule has 0 unspecified atom stereocenters. The summed E-state index contributed by atoms with van der Waals surface area (Å²) in [4.78, 5) is 8.98. The van der Waals surface area contributed by atoms with Crippen LogP contribution in [0.15, 0.2) is 18.5 Å². The van der Waals surface area contributed by atoms with E-state index < -0.39 is 6.98 Å². The molecule has 0 amide bonds. The van der Waals surface area contributed by atoms with Gasteiger partial charge in [0, 0.05) is 28.6 Å². The summed E-state index contributed by atoms with van der Waals surface area (Å²) in [6.07, 6.45) is 2.62. The highest BCUT2D eigenvalue weighted by atomic mass is 16.6. The zero-order chi connectivity index (χ0) is 23.3. The first-order chi connectivity index (χ1) is 15.7. The summed E-state index contributed by atoms with van der Waals surface area (Å²) in [7, 11) is 0. The number of nitriles is 1. The number of hydrogen-bond acceptors (Lipinski definition) is 8. The molecule has 0 aromatic carbocycles. The molecule has 3 aromatic rings. The number of rotatable bonds is 5. The van der Waals surface area contributed by atoms with Crippen molar-refractivity contribution < 1.29 is 18.3 Å². The topological polar surface area (TPSA) is 112 Å². The predicted octanol–water partition coefficient (Wildman–Crippen LogP) is 2.15. The van der Waals surface area contributed by atoms with Gasteiger partial charge in [0.1, 0.15) is 29.2 Å². The normalized spacial score (nSPS) is 27.7. The summed E-state index contributed by atoms with van der Waals surface area (Å²) in [5.41, 5.74) is 1.40. The van der Waals surface area contributed by atoms with Gasteiger partial charge in [0.2, 0.25) is 5.95 Å². The minimum Gasteiger partial charge on any atom is -0.467 e. The van der Waals surface area contributed by atoms with Gasteiger partial charge in [0.05, 0.1) is 38.2 Å². The lowest BCUT2D eigenvalue weighted by Gasteiger charge is -2.33. The van der Waals surface area contributed by atoms with Crippen LogP contribution in [0, 0.1) is 17.2 Å². The van der Waals surface area contributed by atoms with Crippen molar-refractivity contribution in [3.63, 3.8) is 0 Å². The highest BCUT2D eigenvalue weighted by Crippen LogP contribution is 2.33. The Morgan fingerprint density at radius 3 is 2.93 bits per heavy atom. The molecule has 1 N–H and O–H groups in total. The standard InChI is InChI=1S/C20H23N7O3/c1-11-8-28-9-16(11)27-14(5-21)4-13-6-22-20(24-18(13)27)23-15-7-26(3)25-19(15)30-17-10-29-12(17)2/h4,6-7,11-12,16-17H,8-10H2,1-3H3,(H,22,23,24)/t11-,12-,16-,17+/m0/s1/i3D3. The van der Waals surface area contributed by atoms with Gasteiger partial charge in [-0.15, -0.1) is 5.10 Å². The van der Waals surface area contributed by atoms with Gasteiger partial charge in [-0.2, -0.15) is 10.2 Å². The Hall–Kier alpha value is -3.16. The Kier molecular flexibility index (Phi) is 3.79. The summed E-state index contributed by atoms with van der Waals surface area (Å²) in [6, 6.07) is 3.97. The van der Waals surface area contributed by atoms with Crippen LogP contribution < -0.4 is 10.1 Å². The van der Waals surface area contributed by atoms with E-state index in [-0.39, 0.29) is 36.0 Å². The maximum absolute atomic E-state index is 9.65. The molecular formula is C20H23N7O3. The van der Waals surface area contributed by atoms with Crippen molar-refractivity contribution in [2.45, 2.75) is 32.1 Å². The number of nitrogens with one attached hydrogen (secondary N) is 1. The molecule has 10 heteroatoms. The van der Waals surface area contributed by atoms with Crippen molar-refractivity contribution in [1.29, 1.82) is 5.26 Å². The number of aromatic nitrogens is 5. The number of anilines is 2. The van der Waals surface area contributed by atoms with Gasteiger partial charge in [0.15, 0.2) is 0 Å². The maximum Gasteiger partial charge on any atom is 0.257 e. The Morgan fingerprint density at radius 2 is 2.27 bits per heavy atom. The van der Waals surface area contributed by atoms with E-state index in [4.69, 9.17) is 18.3 Å². The zero-order valence-electron chi connectivity index (χ0n) is 19.6. The summed E-state index contributed by atoms with van der Waals surface area (Å²) in [5, 5.41) is 17.5. The molecule has 0 aliphatic carbocycles. The molecule has 2 saturated heterocycles. The second kappa shape index (κ2) is 7.27. The zero-order valence-corrected chi connectivity index (χ0v) is 16.6. The molecule has 2 aliphatic heterocycles. The average Bonchev–Trinajstić information content (AvgIpc) is 3.46. The Labute approximate surface area is 177 Å². The first kappa shape index (κ1) is 15.6. The summed E-state index contributed by atoms with van der Waals surface area (Å²) in [5.74, 6) is 0.579. The second-order valence-corrected chi connectivity index (χ2v) is 7.68. The number of nitrogens with zero attached hydrogens (tertiary/aromatic N) is 6.